The fourth-order valence-electron chi connectivity index (χ4n) is 2.99. The van der Waals surface area contributed by atoms with Gasteiger partial charge in [0.2, 0.25) is 0 Å². The van der Waals surface area contributed by atoms with Gasteiger partial charge in [-0.1, -0.05) is 12.1 Å². The molecule has 2 heterocycles. The molecule has 0 aromatic heterocycles. The summed E-state index contributed by atoms with van der Waals surface area (Å²) in [6, 6.07) is 5.44. The van der Waals surface area contributed by atoms with E-state index in [0.717, 1.165) is 12.8 Å². The maximum atomic E-state index is 12.3. The smallest absolute Gasteiger partial charge is 0.331 e. The summed E-state index contributed by atoms with van der Waals surface area (Å²) >= 11 is 0. The molecule has 1 aromatic carbocycles. The predicted molar refractivity (Wildman–Crippen MR) is 94.1 cm³/mol. The fraction of sp³-hybridized carbons (Fsp3) is 0.471. The van der Waals surface area contributed by atoms with Crippen LogP contribution in [0.3, 0.4) is 0 Å². The predicted octanol–water partition coefficient (Wildman–Crippen LogP) is 0.668. The minimum absolute atomic E-state index is 0.101. The van der Waals surface area contributed by atoms with Crippen molar-refractivity contribution in [1.82, 2.24) is 9.62 Å². The van der Waals surface area contributed by atoms with E-state index in [1.54, 1.807) is 23.1 Å². The first kappa shape index (κ1) is 18.4. The van der Waals surface area contributed by atoms with Gasteiger partial charge >= 0.3 is 5.97 Å². The van der Waals surface area contributed by atoms with Gasteiger partial charge in [-0.05, 0) is 38.8 Å². The van der Waals surface area contributed by atoms with E-state index < -0.39 is 28.1 Å². The highest BCUT2D eigenvalue weighted by Crippen LogP contribution is 2.22. The third kappa shape index (κ3) is 3.57. The summed E-state index contributed by atoms with van der Waals surface area (Å²) in [7, 11) is -3.67. The van der Waals surface area contributed by atoms with Gasteiger partial charge in [0.05, 0.1) is 4.90 Å². The number of sulfonamides is 1. The molecule has 1 amide bonds. The Labute approximate surface area is 152 Å². The van der Waals surface area contributed by atoms with Gasteiger partial charge in [0.1, 0.15) is 11.9 Å². The number of aliphatic imine (C=N–C) groups is 1. The van der Waals surface area contributed by atoms with Gasteiger partial charge in [-0.2, -0.15) is 0 Å². The van der Waals surface area contributed by atoms with Crippen molar-refractivity contribution in [2.24, 2.45) is 4.99 Å². The van der Waals surface area contributed by atoms with E-state index in [0.29, 0.717) is 18.7 Å². The lowest BCUT2D eigenvalue weighted by Crippen LogP contribution is -2.39. The van der Waals surface area contributed by atoms with E-state index in [4.69, 9.17) is 4.74 Å². The molecule has 0 radical (unpaired) electrons. The highest BCUT2D eigenvalue weighted by molar-refractivity contribution is 7.90. The number of rotatable bonds is 4. The molecule has 3 rings (SSSR count). The number of amides is 1. The van der Waals surface area contributed by atoms with Crippen LogP contribution in [0, 0.1) is 0 Å². The maximum absolute atomic E-state index is 12.3. The first-order valence-electron chi connectivity index (χ1n) is 8.49. The highest BCUT2D eigenvalue weighted by atomic mass is 32.2. The molecule has 0 unspecified atom stereocenters. The number of carbonyl (C=O) groups is 2. The van der Waals surface area contributed by atoms with Crippen molar-refractivity contribution in [3.8, 4) is 0 Å². The first-order chi connectivity index (χ1) is 12.3. The molecule has 0 spiro atoms. The van der Waals surface area contributed by atoms with Crippen molar-refractivity contribution in [3.63, 3.8) is 0 Å². The van der Waals surface area contributed by atoms with Crippen LogP contribution in [-0.2, 0) is 24.3 Å². The summed E-state index contributed by atoms with van der Waals surface area (Å²) in [5, 5.41) is 0. The molecule has 2 aliphatic rings. The van der Waals surface area contributed by atoms with E-state index in [-0.39, 0.29) is 16.6 Å². The van der Waals surface area contributed by atoms with Crippen molar-refractivity contribution in [3.05, 3.63) is 29.8 Å². The number of hydrogen-bond acceptors (Lipinski definition) is 6. The van der Waals surface area contributed by atoms with Crippen LogP contribution in [0.5, 0.6) is 0 Å². The van der Waals surface area contributed by atoms with Crippen LogP contribution < -0.4 is 4.72 Å². The number of nitrogens with one attached hydrogen (secondary N) is 1. The maximum Gasteiger partial charge on any atom is 0.331 e. The van der Waals surface area contributed by atoms with Gasteiger partial charge in [0, 0.05) is 18.7 Å². The topological polar surface area (TPSA) is 105 Å². The molecule has 8 nitrogen and oxygen atoms in total. The minimum Gasteiger partial charge on any atom is -0.451 e. The average molecular weight is 379 g/mol. The summed E-state index contributed by atoms with van der Waals surface area (Å²) < 4.78 is 31.7. The summed E-state index contributed by atoms with van der Waals surface area (Å²) in [5.74, 6) is -0.799. The zero-order valence-electron chi connectivity index (χ0n) is 14.6. The number of ether oxygens (including phenoxy) is 1. The van der Waals surface area contributed by atoms with E-state index in [1.165, 1.54) is 19.9 Å². The zero-order valence-corrected chi connectivity index (χ0v) is 15.5. The Kier molecular flexibility index (Phi) is 4.99. The summed E-state index contributed by atoms with van der Waals surface area (Å²) in [4.78, 5) is 30.4. The number of amidine groups is 1. The largest absolute Gasteiger partial charge is 0.451 e. The third-order valence-corrected chi connectivity index (χ3v) is 5.78. The molecular formula is C17H21N3O5S. The number of likely N-dealkylation sites (tertiary alicyclic amines) is 1. The Morgan fingerprint density at radius 2 is 1.85 bits per heavy atom. The lowest BCUT2D eigenvalue weighted by atomic mass is 10.2. The Hall–Kier alpha value is -2.42. The molecule has 1 aromatic rings. The molecule has 1 N–H and O–H groups in total. The second-order valence-electron chi connectivity index (χ2n) is 6.37. The molecule has 26 heavy (non-hydrogen) atoms. The lowest BCUT2D eigenvalue weighted by molar-refractivity contribution is -0.159. The van der Waals surface area contributed by atoms with E-state index in [9.17, 15) is 18.0 Å². The SMILES string of the molecule is C[C@H](N=C1NS(=O)(=O)c2ccccc21)C(=O)O[C@@H](C)C(=O)N1CCCC1. The number of hydrogen-bond donors (Lipinski definition) is 1. The number of nitrogens with zero attached hydrogens (tertiary/aromatic N) is 2. The van der Waals surface area contributed by atoms with Crippen LogP contribution in [0.4, 0.5) is 0 Å². The van der Waals surface area contributed by atoms with Gasteiger partial charge in [0.15, 0.2) is 6.10 Å². The van der Waals surface area contributed by atoms with Crippen LogP contribution >= 0.6 is 0 Å². The molecule has 9 heteroatoms. The van der Waals surface area contributed by atoms with Gasteiger partial charge in [0.25, 0.3) is 15.9 Å². The quantitative estimate of drug-likeness (QED) is 0.774. The number of benzene rings is 1. The highest BCUT2D eigenvalue weighted by Gasteiger charge is 2.32. The Morgan fingerprint density at radius 1 is 1.19 bits per heavy atom. The molecule has 140 valence electrons. The van der Waals surface area contributed by atoms with E-state index >= 15 is 0 Å². The standard InChI is InChI=1S/C17H21N3O5S/c1-11(17(22)25-12(2)16(21)20-9-5-6-10-20)18-15-13-7-3-4-8-14(13)26(23,24)19-15/h3-4,7-8,11-12H,5-6,9-10H2,1-2H3,(H,18,19)/t11-,12-/m0/s1. The fourth-order valence-corrected chi connectivity index (χ4v) is 4.23. The van der Waals surface area contributed by atoms with Crippen LogP contribution in [0.15, 0.2) is 34.2 Å². The summed E-state index contributed by atoms with van der Waals surface area (Å²) in [5.41, 5.74) is 0.411. The van der Waals surface area contributed by atoms with Crippen molar-refractivity contribution >= 4 is 27.7 Å². The van der Waals surface area contributed by atoms with Crippen LogP contribution in [0.2, 0.25) is 0 Å². The van der Waals surface area contributed by atoms with Gasteiger partial charge in [-0.25, -0.2) is 13.2 Å². The Balaban J connectivity index is 1.70. The number of fused-ring (bicyclic) bond motifs is 1. The summed E-state index contributed by atoms with van der Waals surface area (Å²) in [6.07, 6.45) is 1.02. The van der Waals surface area contributed by atoms with Gasteiger partial charge in [-0.3, -0.25) is 14.5 Å². The second-order valence-corrected chi connectivity index (χ2v) is 8.02. The normalized spacial score (nSPS) is 21.8. The van der Waals surface area contributed by atoms with Crippen molar-refractivity contribution in [2.75, 3.05) is 13.1 Å². The minimum atomic E-state index is -3.67. The lowest BCUT2D eigenvalue weighted by Gasteiger charge is -2.21. The molecule has 1 fully saturated rings. The summed E-state index contributed by atoms with van der Waals surface area (Å²) in [6.45, 7) is 4.39. The molecule has 2 atom stereocenters. The first-order valence-corrected chi connectivity index (χ1v) is 9.97. The van der Waals surface area contributed by atoms with Crippen molar-refractivity contribution in [1.29, 1.82) is 0 Å². The molecule has 0 bridgehead atoms. The third-order valence-electron chi connectivity index (χ3n) is 4.39. The molecule has 1 saturated heterocycles. The molecule has 0 aliphatic carbocycles. The zero-order chi connectivity index (χ0) is 18.9. The Bertz CT molecular complexity index is 859. The number of carbonyl (C=O) groups excluding carboxylic acids is 2. The van der Waals surface area contributed by atoms with Crippen LogP contribution in [0.25, 0.3) is 0 Å². The van der Waals surface area contributed by atoms with Crippen molar-refractivity contribution in [2.45, 2.75) is 43.7 Å². The molecule has 2 aliphatic heterocycles. The van der Waals surface area contributed by atoms with E-state index in [2.05, 4.69) is 9.71 Å². The van der Waals surface area contributed by atoms with E-state index in [1.807, 2.05) is 0 Å². The van der Waals surface area contributed by atoms with Gasteiger partial charge in [-0.15, -0.1) is 0 Å². The number of esters is 1. The molecule has 0 saturated carbocycles. The van der Waals surface area contributed by atoms with Gasteiger partial charge < -0.3 is 9.64 Å². The van der Waals surface area contributed by atoms with Crippen molar-refractivity contribution < 1.29 is 22.7 Å². The molecular weight excluding hydrogens is 358 g/mol. The second kappa shape index (κ2) is 7.06. The monoisotopic (exact) mass is 379 g/mol. The Morgan fingerprint density at radius 3 is 2.54 bits per heavy atom. The average Bonchev–Trinajstić information content (AvgIpc) is 3.22. The van der Waals surface area contributed by atoms with Crippen LogP contribution in [0.1, 0.15) is 32.3 Å². The van der Waals surface area contributed by atoms with Crippen LogP contribution in [-0.4, -0.2) is 56.3 Å².